The second kappa shape index (κ2) is 8.58. The van der Waals surface area contributed by atoms with Crippen LogP contribution < -0.4 is 5.73 Å². The topological polar surface area (TPSA) is 81.8 Å². The quantitative estimate of drug-likeness (QED) is 0.253. The molecular weight excluding hydrogens is 444 g/mol. The molecule has 1 amide bonds. The molecule has 0 atom stereocenters. The van der Waals surface area contributed by atoms with E-state index in [-0.39, 0.29) is 0 Å². The van der Waals surface area contributed by atoms with Crippen LogP contribution in [0.1, 0.15) is 16.1 Å². The van der Waals surface area contributed by atoms with Crippen molar-refractivity contribution in [2.75, 3.05) is 0 Å². The van der Waals surface area contributed by atoms with Crippen molar-refractivity contribution < 1.29 is 4.79 Å². The standard InChI is InChI=1S/C23H16N4OS3/c24-20(28)15-6-8-16(9-7-15)21-27-17(11-29-21)12-30-22-18-10-19(14-4-2-1-3-5-14)31-23(18)26-13-25-22/h1-11,13H,12H2,(H2,24,28). The molecule has 0 bridgehead atoms. The minimum absolute atomic E-state index is 0.428. The number of rotatable bonds is 6. The largest absolute Gasteiger partial charge is 0.366 e. The maximum Gasteiger partial charge on any atom is 0.248 e. The van der Waals surface area contributed by atoms with E-state index in [1.807, 2.05) is 30.3 Å². The third-order valence-electron chi connectivity index (χ3n) is 4.68. The van der Waals surface area contributed by atoms with Gasteiger partial charge in [0.1, 0.15) is 21.2 Å². The van der Waals surface area contributed by atoms with Crippen molar-refractivity contribution in [3.63, 3.8) is 0 Å². The van der Waals surface area contributed by atoms with Crippen molar-refractivity contribution in [1.82, 2.24) is 15.0 Å². The number of amides is 1. The monoisotopic (exact) mass is 460 g/mol. The van der Waals surface area contributed by atoms with Crippen molar-refractivity contribution >= 4 is 50.6 Å². The van der Waals surface area contributed by atoms with Gasteiger partial charge in [0.25, 0.3) is 0 Å². The van der Waals surface area contributed by atoms with Crippen molar-refractivity contribution in [2.45, 2.75) is 10.8 Å². The molecular formula is C23H16N4OS3. The maximum absolute atomic E-state index is 11.2. The van der Waals surface area contributed by atoms with Crippen LogP contribution in [0.2, 0.25) is 0 Å². The van der Waals surface area contributed by atoms with E-state index in [1.54, 1.807) is 52.9 Å². The number of hydrogen-bond acceptors (Lipinski definition) is 7. The van der Waals surface area contributed by atoms with Crippen molar-refractivity contribution in [3.8, 4) is 21.0 Å². The fraction of sp³-hybridized carbons (Fsp3) is 0.0435. The average Bonchev–Trinajstić information content (AvgIpc) is 3.46. The number of aromatic nitrogens is 3. The van der Waals surface area contributed by atoms with Crippen molar-refractivity contribution in [2.24, 2.45) is 5.73 Å². The number of primary amides is 1. The zero-order chi connectivity index (χ0) is 21.2. The van der Waals surface area contributed by atoms with Crippen LogP contribution in [0.5, 0.6) is 0 Å². The molecule has 0 saturated heterocycles. The average molecular weight is 461 g/mol. The lowest BCUT2D eigenvalue weighted by atomic mass is 10.1. The zero-order valence-electron chi connectivity index (χ0n) is 16.2. The molecule has 5 rings (SSSR count). The second-order valence-corrected chi connectivity index (χ2v) is 9.60. The van der Waals surface area contributed by atoms with Gasteiger partial charge in [0.05, 0.1) is 5.69 Å². The minimum Gasteiger partial charge on any atom is -0.366 e. The van der Waals surface area contributed by atoms with E-state index < -0.39 is 5.91 Å². The number of nitrogens with zero attached hydrogens (tertiary/aromatic N) is 3. The zero-order valence-corrected chi connectivity index (χ0v) is 18.6. The van der Waals surface area contributed by atoms with Crippen LogP contribution in [0.4, 0.5) is 0 Å². The third-order valence-corrected chi connectivity index (χ3v) is 7.75. The van der Waals surface area contributed by atoms with Gasteiger partial charge in [0.15, 0.2) is 0 Å². The van der Waals surface area contributed by atoms with E-state index in [2.05, 4.69) is 33.5 Å². The predicted molar refractivity (Wildman–Crippen MR) is 128 cm³/mol. The summed E-state index contributed by atoms with van der Waals surface area (Å²) in [4.78, 5) is 27.1. The highest BCUT2D eigenvalue weighted by Crippen LogP contribution is 2.37. The highest BCUT2D eigenvalue weighted by atomic mass is 32.2. The van der Waals surface area contributed by atoms with Gasteiger partial charge >= 0.3 is 0 Å². The number of fused-ring (bicyclic) bond motifs is 1. The molecule has 3 heterocycles. The fourth-order valence-corrected chi connectivity index (χ4v) is 5.98. The SMILES string of the molecule is NC(=O)c1ccc(-c2nc(CSc3ncnc4sc(-c5ccccc5)cc34)cs2)cc1. The smallest absolute Gasteiger partial charge is 0.248 e. The molecule has 0 spiro atoms. The Morgan fingerprint density at radius 1 is 1.00 bits per heavy atom. The van der Waals surface area contributed by atoms with E-state index in [1.165, 1.54) is 10.4 Å². The Morgan fingerprint density at radius 2 is 1.81 bits per heavy atom. The molecule has 31 heavy (non-hydrogen) atoms. The molecule has 5 nitrogen and oxygen atoms in total. The number of carbonyl (C=O) groups excluding carboxylic acids is 1. The Balaban J connectivity index is 1.34. The van der Waals surface area contributed by atoms with E-state index in [4.69, 9.17) is 10.7 Å². The van der Waals surface area contributed by atoms with Gasteiger partial charge < -0.3 is 5.73 Å². The Bertz CT molecular complexity index is 1360. The maximum atomic E-state index is 11.2. The summed E-state index contributed by atoms with van der Waals surface area (Å²) in [5, 5.41) is 5.02. The fourth-order valence-electron chi connectivity index (χ4n) is 3.12. The van der Waals surface area contributed by atoms with Gasteiger partial charge in [-0.25, -0.2) is 15.0 Å². The highest BCUT2D eigenvalue weighted by Gasteiger charge is 2.12. The Labute approximate surface area is 191 Å². The van der Waals surface area contributed by atoms with Crippen LogP contribution in [0, 0.1) is 0 Å². The van der Waals surface area contributed by atoms with Crippen molar-refractivity contribution in [1.29, 1.82) is 0 Å². The number of benzene rings is 2. The highest BCUT2D eigenvalue weighted by molar-refractivity contribution is 7.98. The van der Waals surface area contributed by atoms with Crippen molar-refractivity contribution in [3.05, 3.63) is 83.6 Å². The first-order chi connectivity index (χ1) is 15.2. The van der Waals surface area contributed by atoms with Crippen LogP contribution in [0.25, 0.3) is 31.2 Å². The van der Waals surface area contributed by atoms with E-state index in [0.29, 0.717) is 5.56 Å². The van der Waals surface area contributed by atoms with Crippen LogP contribution in [-0.4, -0.2) is 20.9 Å². The van der Waals surface area contributed by atoms with Gasteiger partial charge in [-0.3, -0.25) is 4.79 Å². The Morgan fingerprint density at radius 3 is 2.58 bits per heavy atom. The molecule has 2 N–H and O–H groups in total. The predicted octanol–water partition coefficient (Wildman–Crippen LogP) is 5.87. The molecule has 152 valence electrons. The summed E-state index contributed by atoms with van der Waals surface area (Å²) in [5.41, 5.74) is 8.96. The summed E-state index contributed by atoms with van der Waals surface area (Å²) < 4.78 is 0. The first-order valence-electron chi connectivity index (χ1n) is 9.45. The number of hydrogen-bond donors (Lipinski definition) is 1. The normalized spacial score (nSPS) is 11.1. The molecule has 0 aliphatic rings. The van der Waals surface area contributed by atoms with Crippen LogP contribution in [0.3, 0.4) is 0 Å². The van der Waals surface area contributed by atoms with Gasteiger partial charge in [-0.15, -0.1) is 22.7 Å². The van der Waals surface area contributed by atoms with E-state index in [9.17, 15) is 4.79 Å². The van der Waals surface area contributed by atoms with Crippen LogP contribution >= 0.6 is 34.4 Å². The molecule has 2 aromatic carbocycles. The number of carbonyl (C=O) groups is 1. The summed E-state index contributed by atoms with van der Waals surface area (Å²) in [6.07, 6.45) is 1.63. The second-order valence-electron chi connectivity index (χ2n) is 6.75. The lowest BCUT2D eigenvalue weighted by Crippen LogP contribution is -2.10. The summed E-state index contributed by atoms with van der Waals surface area (Å²) in [7, 11) is 0. The van der Waals surface area contributed by atoms with Gasteiger partial charge in [0, 0.05) is 32.5 Å². The molecule has 0 aliphatic carbocycles. The molecule has 0 unspecified atom stereocenters. The molecule has 0 radical (unpaired) electrons. The summed E-state index contributed by atoms with van der Waals surface area (Å²) in [6.45, 7) is 0. The molecule has 3 aromatic heterocycles. The molecule has 5 aromatic rings. The number of thiazole rings is 1. The molecule has 0 saturated carbocycles. The van der Waals surface area contributed by atoms with E-state index in [0.717, 1.165) is 37.3 Å². The first kappa shape index (κ1) is 19.9. The molecule has 8 heteroatoms. The first-order valence-corrected chi connectivity index (χ1v) is 12.1. The number of thiophene rings is 1. The lowest BCUT2D eigenvalue weighted by Gasteiger charge is -2.00. The number of nitrogens with two attached hydrogens (primary N) is 1. The summed E-state index contributed by atoms with van der Waals surface area (Å²) >= 11 is 4.93. The minimum atomic E-state index is -0.428. The third kappa shape index (κ3) is 4.23. The lowest BCUT2D eigenvalue weighted by molar-refractivity contribution is 0.100. The van der Waals surface area contributed by atoms with Crippen LogP contribution in [0.15, 0.2) is 77.4 Å². The number of thioether (sulfide) groups is 1. The Kier molecular flexibility index (Phi) is 5.50. The van der Waals surface area contributed by atoms with Gasteiger partial charge in [-0.1, -0.05) is 54.2 Å². The van der Waals surface area contributed by atoms with E-state index >= 15 is 0 Å². The Hall–Kier alpha value is -3.07. The van der Waals surface area contributed by atoms with Crippen LogP contribution in [-0.2, 0) is 5.75 Å². The summed E-state index contributed by atoms with van der Waals surface area (Å²) in [5.74, 6) is 0.293. The van der Waals surface area contributed by atoms with Gasteiger partial charge in [-0.2, -0.15) is 0 Å². The molecule has 0 fully saturated rings. The van der Waals surface area contributed by atoms with Gasteiger partial charge in [-0.05, 0) is 23.8 Å². The van der Waals surface area contributed by atoms with Gasteiger partial charge in [0.2, 0.25) is 5.91 Å². The summed E-state index contributed by atoms with van der Waals surface area (Å²) in [6, 6.07) is 19.7. The molecule has 0 aliphatic heterocycles.